The van der Waals surface area contributed by atoms with Crippen molar-refractivity contribution in [2.24, 2.45) is 0 Å². The molecule has 0 atom stereocenters. The van der Waals surface area contributed by atoms with Gasteiger partial charge in [-0.05, 0) is 25.0 Å². The van der Waals surface area contributed by atoms with E-state index in [1.54, 1.807) is 38.1 Å². The van der Waals surface area contributed by atoms with Crippen LogP contribution >= 0.6 is 0 Å². The predicted molar refractivity (Wildman–Crippen MR) is 63.6 cm³/mol. The molecule has 4 heteroatoms. The third-order valence-electron chi connectivity index (χ3n) is 2.86. The summed E-state index contributed by atoms with van der Waals surface area (Å²) in [6, 6.07) is 9.19. The molecule has 0 saturated carbocycles. The van der Waals surface area contributed by atoms with E-state index >= 15 is 0 Å². The fourth-order valence-electron chi connectivity index (χ4n) is 1.33. The lowest BCUT2D eigenvalue weighted by Crippen LogP contribution is -2.27. The highest BCUT2D eigenvalue weighted by Crippen LogP contribution is 2.28. The van der Waals surface area contributed by atoms with Crippen LogP contribution in [0.4, 0.5) is 0 Å². The van der Waals surface area contributed by atoms with Crippen LogP contribution in [0.2, 0.25) is 0 Å². The van der Waals surface area contributed by atoms with Crippen LogP contribution < -0.4 is 0 Å². The first kappa shape index (κ1) is 12.7. The zero-order chi connectivity index (χ0) is 12.4. The Balaban J connectivity index is 3.13. The van der Waals surface area contributed by atoms with E-state index < -0.39 is 14.6 Å². The van der Waals surface area contributed by atoms with Crippen LogP contribution in [0.15, 0.2) is 24.3 Å². The number of nitriles is 1. The molecule has 0 radical (unpaired) electrons. The second kappa shape index (κ2) is 4.26. The van der Waals surface area contributed by atoms with Crippen molar-refractivity contribution in [2.75, 3.05) is 6.26 Å². The Morgan fingerprint density at radius 3 is 2.12 bits per heavy atom. The number of sulfone groups is 1. The maximum atomic E-state index is 11.6. The Morgan fingerprint density at radius 2 is 1.75 bits per heavy atom. The number of benzene rings is 1. The molecule has 0 heterocycles. The molecule has 3 nitrogen and oxygen atoms in total. The van der Waals surface area contributed by atoms with Crippen molar-refractivity contribution in [3.8, 4) is 6.07 Å². The van der Waals surface area contributed by atoms with Crippen LogP contribution in [-0.2, 0) is 21.0 Å². The second-order valence-electron chi connectivity index (χ2n) is 4.31. The first-order valence-corrected chi connectivity index (χ1v) is 6.84. The van der Waals surface area contributed by atoms with Crippen LogP contribution in [-0.4, -0.2) is 14.7 Å². The number of rotatable bonds is 3. The fourth-order valence-corrected chi connectivity index (χ4v) is 1.89. The van der Waals surface area contributed by atoms with Crippen LogP contribution in [0, 0.1) is 11.3 Å². The highest BCUT2D eigenvalue weighted by Gasteiger charge is 2.31. The van der Waals surface area contributed by atoms with Crippen molar-refractivity contribution in [3.05, 3.63) is 35.4 Å². The first-order valence-electron chi connectivity index (χ1n) is 4.95. The second-order valence-corrected chi connectivity index (χ2v) is 6.88. The number of hydrogen-bond donors (Lipinski definition) is 0. The minimum absolute atomic E-state index is 0.347. The summed E-state index contributed by atoms with van der Waals surface area (Å²) in [7, 11) is -3.15. The Kier molecular flexibility index (Phi) is 3.39. The van der Waals surface area contributed by atoms with Gasteiger partial charge in [-0.25, -0.2) is 8.42 Å². The molecule has 0 aliphatic carbocycles. The maximum absolute atomic E-state index is 11.6. The van der Waals surface area contributed by atoms with Crippen molar-refractivity contribution in [3.63, 3.8) is 0 Å². The van der Waals surface area contributed by atoms with Crippen LogP contribution in [0.1, 0.15) is 25.0 Å². The summed E-state index contributed by atoms with van der Waals surface area (Å²) in [4.78, 5) is 0. The lowest BCUT2D eigenvalue weighted by atomic mass is 10.0. The largest absolute Gasteiger partial charge is 0.228 e. The summed E-state index contributed by atoms with van der Waals surface area (Å²) in [5, 5.41) is 8.53. The van der Waals surface area contributed by atoms with Gasteiger partial charge in [-0.1, -0.05) is 24.3 Å². The van der Waals surface area contributed by atoms with Gasteiger partial charge in [-0.15, -0.1) is 0 Å². The molecule has 0 fully saturated rings. The summed E-state index contributed by atoms with van der Waals surface area (Å²) >= 11 is 0. The van der Waals surface area contributed by atoms with Crippen molar-refractivity contribution in [2.45, 2.75) is 25.0 Å². The standard InChI is InChI=1S/C12H15NO2S/c1-12(2,16(3,14)15)11-6-4-10(5-7-11)8-9-13/h4-7H,8H2,1-3H3. The first-order chi connectivity index (χ1) is 7.29. The molecule has 0 saturated heterocycles. The molecule has 0 aromatic heterocycles. The molecular formula is C12H15NO2S. The highest BCUT2D eigenvalue weighted by molar-refractivity contribution is 7.91. The molecule has 16 heavy (non-hydrogen) atoms. The predicted octanol–water partition coefficient (Wildman–Crippen LogP) is 2.03. The van der Waals surface area contributed by atoms with Crippen LogP contribution in [0.3, 0.4) is 0 Å². The Hall–Kier alpha value is -1.34. The Morgan fingerprint density at radius 1 is 1.25 bits per heavy atom. The van der Waals surface area contributed by atoms with E-state index in [0.29, 0.717) is 6.42 Å². The zero-order valence-corrected chi connectivity index (χ0v) is 10.5. The third kappa shape index (κ3) is 2.42. The van der Waals surface area contributed by atoms with Gasteiger partial charge >= 0.3 is 0 Å². The minimum Gasteiger partial charge on any atom is -0.228 e. The summed E-state index contributed by atoms with van der Waals surface area (Å²) < 4.78 is 22.3. The average molecular weight is 237 g/mol. The van der Waals surface area contributed by atoms with Gasteiger partial charge in [0.25, 0.3) is 0 Å². The third-order valence-corrected chi connectivity index (χ3v) is 4.95. The SMILES string of the molecule is CC(C)(c1ccc(CC#N)cc1)S(C)(=O)=O. The highest BCUT2D eigenvalue weighted by atomic mass is 32.2. The van der Waals surface area contributed by atoms with Gasteiger partial charge in [-0.2, -0.15) is 5.26 Å². The van der Waals surface area contributed by atoms with E-state index in [9.17, 15) is 8.42 Å². The molecule has 0 amide bonds. The Labute approximate surface area is 96.6 Å². The fraction of sp³-hybridized carbons (Fsp3) is 0.417. The molecule has 86 valence electrons. The molecule has 1 aromatic rings. The summed E-state index contributed by atoms with van der Waals surface area (Å²) in [5.41, 5.74) is 1.65. The number of hydrogen-bond acceptors (Lipinski definition) is 3. The summed E-state index contributed by atoms with van der Waals surface area (Å²) in [6.07, 6.45) is 1.58. The lowest BCUT2D eigenvalue weighted by molar-refractivity contribution is 0.561. The molecule has 1 rings (SSSR count). The van der Waals surface area contributed by atoms with Gasteiger partial charge in [-0.3, -0.25) is 0 Å². The van der Waals surface area contributed by atoms with E-state index in [2.05, 4.69) is 6.07 Å². The van der Waals surface area contributed by atoms with Crippen molar-refractivity contribution >= 4 is 9.84 Å². The van der Waals surface area contributed by atoms with Gasteiger partial charge in [0, 0.05) is 6.26 Å². The van der Waals surface area contributed by atoms with E-state index in [0.717, 1.165) is 11.1 Å². The Bertz CT molecular complexity index is 507. The quantitative estimate of drug-likeness (QED) is 0.808. The summed E-state index contributed by atoms with van der Waals surface area (Å²) in [5.74, 6) is 0. The topological polar surface area (TPSA) is 57.9 Å². The van der Waals surface area contributed by atoms with Crippen molar-refractivity contribution in [1.29, 1.82) is 5.26 Å². The summed E-state index contributed by atoms with van der Waals surface area (Å²) in [6.45, 7) is 3.36. The number of nitrogens with zero attached hydrogens (tertiary/aromatic N) is 1. The molecule has 0 spiro atoms. The van der Waals surface area contributed by atoms with Crippen LogP contribution in [0.5, 0.6) is 0 Å². The minimum atomic E-state index is -3.15. The zero-order valence-electron chi connectivity index (χ0n) is 9.69. The monoisotopic (exact) mass is 237 g/mol. The maximum Gasteiger partial charge on any atom is 0.156 e. The van der Waals surface area contributed by atoms with Gasteiger partial charge in [0.15, 0.2) is 9.84 Å². The molecule has 0 aliphatic heterocycles. The molecule has 0 bridgehead atoms. The van der Waals surface area contributed by atoms with Gasteiger partial charge in [0.1, 0.15) is 0 Å². The van der Waals surface area contributed by atoms with Crippen molar-refractivity contribution in [1.82, 2.24) is 0 Å². The normalized spacial score (nSPS) is 12.1. The molecule has 1 aromatic carbocycles. The molecular weight excluding hydrogens is 222 g/mol. The van der Waals surface area contributed by atoms with Gasteiger partial charge in [0.2, 0.25) is 0 Å². The van der Waals surface area contributed by atoms with E-state index in [1.807, 2.05) is 0 Å². The molecule has 0 aliphatic rings. The lowest BCUT2D eigenvalue weighted by Gasteiger charge is -2.23. The van der Waals surface area contributed by atoms with E-state index in [-0.39, 0.29) is 0 Å². The van der Waals surface area contributed by atoms with Gasteiger partial charge < -0.3 is 0 Å². The molecule has 0 unspecified atom stereocenters. The van der Waals surface area contributed by atoms with Crippen LogP contribution in [0.25, 0.3) is 0 Å². The van der Waals surface area contributed by atoms with Gasteiger partial charge in [0.05, 0.1) is 17.2 Å². The van der Waals surface area contributed by atoms with Crippen molar-refractivity contribution < 1.29 is 8.42 Å². The van der Waals surface area contributed by atoms with E-state index in [4.69, 9.17) is 5.26 Å². The van der Waals surface area contributed by atoms with E-state index in [1.165, 1.54) is 6.26 Å². The molecule has 0 N–H and O–H groups in total. The smallest absolute Gasteiger partial charge is 0.156 e. The average Bonchev–Trinajstić information content (AvgIpc) is 2.17.